The van der Waals surface area contributed by atoms with Gasteiger partial charge in [-0.05, 0) is 31.0 Å². The maximum absolute atomic E-state index is 10.0. The summed E-state index contributed by atoms with van der Waals surface area (Å²) in [6.45, 7) is 2.21. The van der Waals surface area contributed by atoms with Crippen molar-refractivity contribution < 1.29 is 14.6 Å². The van der Waals surface area contributed by atoms with Gasteiger partial charge in [0, 0.05) is 31.5 Å². The number of hydrogen-bond donors (Lipinski definition) is 1. The second-order valence-electron chi connectivity index (χ2n) is 5.40. The van der Waals surface area contributed by atoms with Gasteiger partial charge in [-0.2, -0.15) is 0 Å². The molecule has 2 atom stereocenters. The summed E-state index contributed by atoms with van der Waals surface area (Å²) in [7, 11) is 1.93. The fourth-order valence-corrected chi connectivity index (χ4v) is 2.42. The SMILES string of the molecule is C#Cc1cccc(N(C)CC(O)COCC2CCCO2)c1. The number of nitrogens with zero attached hydrogens (tertiary/aromatic N) is 1. The Bertz CT molecular complexity index is 477. The van der Waals surface area contributed by atoms with E-state index in [1.165, 1.54) is 0 Å². The number of hydrogen-bond acceptors (Lipinski definition) is 4. The Morgan fingerprint density at radius 1 is 1.57 bits per heavy atom. The van der Waals surface area contributed by atoms with Crippen LogP contribution in [-0.4, -0.2) is 50.7 Å². The van der Waals surface area contributed by atoms with Gasteiger partial charge < -0.3 is 19.5 Å². The van der Waals surface area contributed by atoms with Crippen LogP contribution in [0.25, 0.3) is 0 Å². The van der Waals surface area contributed by atoms with Crippen molar-refractivity contribution in [1.82, 2.24) is 0 Å². The summed E-state index contributed by atoms with van der Waals surface area (Å²) >= 11 is 0. The van der Waals surface area contributed by atoms with Gasteiger partial charge in [0.05, 0.1) is 25.4 Å². The van der Waals surface area contributed by atoms with E-state index in [1.807, 2.05) is 36.2 Å². The zero-order valence-electron chi connectivity index (χ0n) is 12.5. The predicted octanol–water partition coefficient (Wildman–Crippen LogP) is 1.66. The molecule has 4 nitrogen and oxygen atoms in total. The maximum Gasteiger partial charge on any atom is 0.0947 e. The van der Waals surface area contributed by atoms with Crippen LogP contribution in [-0.2, 0) is 9.47 Å². The van der Waals surface area contributed by atoms with E-state index >= 15 is 0 Å². The Labute approximate surface area is 126 Å². The number of rotatable bonds is 7. The van der Waals surface area contributed by atoms with Crippen LogP contribution in [0.4, 0.5) is 5.69 Å². The highest BCUT2D eigenvalue weighted by atomic mass is 16.5. The van der Waals surface area contributed by atoms with Gasteiger partial charge in [-0.1, -0.05) is 12.0 Å². The summed E-state index contributed by atoms with van der Waals surface area (Å²) in [5, 5.41) is 10.0. The zero-order valence-corrected chi connectivity index (χ0v) is 12.5. The maximum atomic E-state index is 10.0. The minimum Gasteiger partial charge on any atom is -0.389 e. The Balaban J connectivity index is 1.73. The van der Waals surface area contributed by atoms with Gasteiger partial charge in [-0.25, -0.2) is 0 Å². The van der Waals surface area contributed by atoms with Gasteiger partial charge in [0.25, 0.3) is 0 Å². The summed E-state index contributed by atoms with van der Waals surface area (Å²) in [4.78, 5) is 1.97. The van der Waals surface area contributed by atoms with E-state index in [0.29, 0.717) is 19.8 Å². The lowest BCUT2D eigenvalue weighted by Gasteiger charge is -2.23. The molecule has 0 bridgehead atoms. The molecule has 0 amide bonds. The van der Waals surface area contributed by atoms with E-state index in [2.05, 4.69) is 5.92 Å². The van der Waals surface area contributed by atoms with Gasteiger partial charge in [-0.3, -0.25) is 0 Å². The first-order chi connectivity index (χ1) is 10.2. The monoisotopic (exact) mass is 289 g/mol. The van der Waals surface area contributed by atoms with Crippen molar-refractivity contribution in [3.63, 3.8) is 0 Å². The van der Waals surface area contributed by atoms with Gasteiger partial charge >= 0.3 is 0 Å². The van der Waals surface area contributed by atoms with Crippen molar-refractivity contribution in [2.24, 2.45) is 0 Å². The standard InChI is InChI=1S/C17H23NO3/c1-3-14-6-4-7-15(10-14)18(2)11-16(19)12-20-13-17-8-5-9-21-17/h1,4,6-7,10,16-17,19H,5,8-9,11-13H2,2H3. The molecule has 1 saturated heterocycles. The van der Waals surface area contributed by atoms with Gasteiger partial charge in [0.1, 0.15) is 0 Å². The fraction of sp³-hybridized carbons (Fsp3) is 0.529. The Morgan fingerprint density at radius 3 is 3.14 bits per heavy atom. The Morgan fingerprint density at radius 2 is 2.43 bits per heavy atom. The number of terminal acetylenes is 1. The number of likely N-dealkylation sites (N-methyl/N-ethyl adjacent to an activating group) is 1. The first-order valence-electron chi connectivity index (χ1n) is 7.34. The van der Waals surface area contributed by atoms with E-state index in [4.69, 9.17) is 15.9 Å². The zero-order chi connectivity index (χ0) is 15.1. The summed E-state index contributed by atoms with van der Waals surface area (Å²) in [5.74, 6) is 2.61. The topological polar surface area (TPSA) is 41.9 Å². The van der Waals surface area contributed by atoms with Crippen LogP contribution in [0, 0.1) is 12.3 Å². The minimum atomic E-state index is -0.536. The third-order valence-corrected chi connectivity index (χ3v) is 3.58. The summed E-state index contributed by atoms with van der Waals surface area (Å²) in [6.07, 6.45) is 7.21. The normalized spacial score (nSPS) is 19.2. The molecule has 1 heterocycles. The molecular weight excluding hydrogens is 266 g/mol. The third kappa shape index (κ3) is 5.05. The lowest BCUT2D eigenvalue weighted by atomic mass is 10.2. The Kier molecular flexibility index (Phi) is 6.06. The van der Waals surface area contributed by atoms with E-state index < -0.39 is 6.10 Å². The molecule has 1 aliphatic heterocycles. The smallest absolute Gasteiger partial charge is 0.0947 e. The number of benzene rings is 1. The predicted molar refractivity (Wildman–Crippen MR) is 83.4 cm³/mol. The molecule has 0 aliphatic carbocycles. The molecule has 1 N–H and O–H groups in total. The van der Waals surface area contributed by atoms with Crippen LogP contribution in [0.15, 0.2) is 24.3 Å². The van der Waals surface area contributed by atoms with Crippen LogP contribution in [0.5, 0.6) is 0 Å². The van der Waals surface area contributed by atoms with Crippen molar-refractivity contribution in [2.45, 2.75) is 25.0 Å². The van der Waals surface area contributed by atoms with Crippen molar-refractivity contribution in [1.29, 1.82) is 0 Å². The lowest BCUT2D eigenvalue weighted by molar-refractivity contribution is -0.0147. The number of aliphatic hydroxyl groups excluding tert-OH is 1. The highest BCUT2D eigenvalue weighted by molar-refractivity contribution is 5.51. The molecule has 1 aromatic rings. The Hall–Kier alpha value is -1.54. The quantitative estimate of drug-likeness (QED) is 0.775. The third-order valence-electron chi connectivity index (χ3n) is 3.58. The molecule has 114 valence electrons. The van der Waals surface area contributed by atoms with E-state index in [1.54, 1.807) is 0 Å². The first-order valence-corrected chi connectivity index (χ1v) is 7.34. The number of anilines is 1. The average Bonchev–Trinajstić information content (AvgIpc) is 3.00. The number of ether oxygens (including phenoxy) is 2. The average molecular weight is 289 g/mol. The van der Waals surface area contributed by atoms with Crippen molar-refractivity contribution in [3.8, 4) is 12.3 Å². The largest absolute Gasteiger partial charge is 0.389 e. The molecule has 1 aromatic carbocycles. The van der Waals surface area contributed by atoms with Crippen molar-refractivity contribution in [2.75, 3.05) is 38.3 Å². The van der Waals surface area contributed by atoms with Gasteiger partial charge in [0.2, 0.25) is 0 Å². The molecule has 0 saturated carbocycles. The molecule has 1 aliphatic rings. The summed E-state index contributed by atoms with van der Waals surface area (Å²) < 4.78 is 11.0. The first kappa shape index (κ1) is 15.8. The second-order valence-corrected chi connectivity index (χ2v) is 5.40. The molecule has 0 radical (unpaired) electrons. The molecule has 2 rings (SSSR count). The van der Waals surface area contributed by atoms with E-state index in [9.17, 15) is 5.11 Å². The highest BCUT2D eigenvalue weighted by Gasteiger charge is 2.16. The second kappa shape index (κ2) is 8.04. The lowest BCUT2D eigenvalue weighted by Crippen LogP contribution is -2.33. The van der Waals surface area contributed by atoms with E-state index in [-0.39, 0.29) is 6.10 Å². The van der Waals surface area contributed by atoms with Crippen LogP contribution in [0.2, 0.25) is 0 Å². The molecule has 21 heavy (non-hydrogen) atoms. The van der Waals surface area contributed by atoms with Crippen LogP contribution >= 0.6 is 0 Å². The molecule has 4 heteroatoms. The molecular formula is C17H23NO3. The summed E-state index contributed by atoms with van der Waals surface area (Å²) in [6, 6.07) is 7.71. The van der Waals surface area contributed by atoms with Crippen LogP contribution < -0.4 is 4.90 Å². The molecule has 2 unspecified atom stereocenters. The number of aliphatic hydroxyl groups is 1. The highest BCUT2D eigenvalue weighted by Crippen LogP contribution is 2.15. The van der Waals surface area contributed by atoms with Crippen LogP contribution in [0.1, 0.15) is 18.4 Å². The van der Waals surface area contributed by atoms with Gasteiger partial charge in [0.15, 0.2) is 0 Å². The molecule has 0 aromatic heterocycles. The minimum absolute atomic E-state index is 0.197. The van der Waals surface area contributed by atoms with E-state index in [0.717, 1.165) is 30.7 Å². The molecule has 0 spiro atoms. The molecule has 1 fully saturated rings. The van der Waals surface area contributed by atoms with Crippen molar-refractivity contribution in [3.05, 3.63) is 29.8 Å². The fourth-order valence-electron chi connectivity index (χ4n) is 2.42. The van der Waals surface area contributed by atoms with Gasteiger partial charge in [-0.15, -0.1) is 6.42 Å². The van der Waals surface area contributed by atoms with Crippen LogP contribution in [0.3, 0.4) is 0 Å². The summed E-state index contributed by atoms with van der Waals surface area (Å²) in [5.41, 5.74) is 1.83. The van der Waals surface area contributed by atoms with Crippen molar-refractivity contribution >= 4 is 5.69 Å².